The lowest BCUT2D eigenvalue weighted by Crippen LogP contribution is -2.48. The topological polar surface area (TPSA) is 112 Å². The van der Waals surface area contributed by atoms with Crippen molar-refractivity contribution in [1.82, 2.24) is 18.8 Å². The van der Waals surface area contributed by atoms with Gasteiger partial charge in [0.1, 0.15) is 6.04 Å². The number of carbonyl (C=O) groups excluding carboxylic acids is 1. The van der Waals surface area contributed by atoms with Crippen molar-refractivity contribution in [3.8, 4) is 0 Å². The van der Waals surface area contributed by atoms with E-state index in [-0.39, 0.29) is 6.54 Å². The van der Waals surface area contributed by atoms with E-state index in [9.17, 15) is 13.2 Å². The molecule has 1 aromatic rings. The van der Waals surface area contributed by atoms with Gasteiger partial charge in [-0.2, -0.15) is 22.1 Å². The number of nitrogens with zero attached hydrogens (tertiary/aromatic N) is 3. The highest BCUT2D eigenvalue weighted by molar-refractivity contribution is 7.86. The number of rotatable bonds is 4. The summed E-state index contributed by atoms with van der Waals surface area (Å²) in [6.45, 7) is 3.22. The minimum Gasteiger partial charge on any atom is -0.368 e. The van der Waals surface area contributed by atoms with Gasteiger partial charge in [0.2, 0.25) is 5.91 Å². The minimum absolute atomic E-state index is 0.110. The number of carbonyl (C=O) groups is 1. The van der Waals surface area contributed by atoms with E-state index in [1.165, 1.54) is 14.8 Å². The number of primary amides is 1. The van der Waals surface area contributed by atoms with Crippen LogP contribution in [0.2, 0.25) is 0 Å². The van der Waals surface area contributed by atoms with E-state index in [0.717, 1.165) is 19.3 Å². The first-order valence-electron chi connectivity index (χ1n) is 7.53. The summed E-state index contributed by atoms with van der Waals surface area (Å²) in [6, 6.07) is -0.970. The molecule has 122 valence electrons. The summed E-state index contributed by atoms with van der Waals surface area (Å²) >= 11 is 0. The normalized spacial score (nSPS) is 24.5. The van der Waals surface area contributed by atoms with Crippen LogP contribution in [-0.2, 0) is 21.5 Å². The van der Waals surface area contributed by atoms with Crippen molar-refractivity contribution in [3.63, 3.8) is 0 Å². The largest absolute Gasteiger partial charge is 0.368 e. The second kappa shape index (κ2) is 5.64. The Morgan fingerprint density at radius 2 is 2.14 bits per heavy atom. The lowest BCUT2D eigenvalue weighted by molar-refractivity contribution is -0.121. The SMILES string of the molecule is CCC1CCN(S(=O)(=O)N2Cc3[nH]ncc3C2C(N)=O)CC1. The number of nitrogens with one attached hydrogen (secondary N) is 1. The molecule has 1 aromatic heterocycles. The molecule has 3 rings (SSSR count). The van der Waals surface area contributed by atoms with Crippen molar-refractivity contribution in [2.45, 2.75) is 38.8 Å². The molecule has 0 aliphatic carbocycles. The number of fused-ring (bicyclic) bond motifs is 1. The van der Waals surface area contributed by atoms with E-state index >= 15 is 0 Å². The molecule has 2 aliphatic heterocycles. The number of nitrogens with two attached hydrogens (primary N) is 1. The Hall–Kier alpha value is -1.45. The predicted octanol–water partition coefficient (Wildman–Crippen LogP) is 0.119. The molecule has 0 bridgehead atoms. The Kier molecular flexibility index (Phi) is 3.96. The summed E-state index contributed by atoms with van der Waals surface area (Å²) in [5, 5.41) is 6.60. The number of hydrogen-bond donors (Lipinski definition) is 2. The van der Waals surface area contributed by atoms with E-state index < -0.39 is 22.2 Å². The molecule has 0 radical (unpaired) electrons. The number of aromatic nitrogens is 2. The first kappa shape index (κ1) is 15.4. The third-order valence-electron chi connectivity index (χ3n) is 4.69. The van der Waals surface area contributed by atoms with Crippen LogP contribution >= 0.6 is 0 Å². The second-order valence-corrected chi connectivity index (χ2v) is 7.79. The van der Waals surface area contributed by atoms with Crippen molar-refractivity contribution >= 4 is 16.1 Å². The van der Waals surface area contributed by atoms with Gasteiger partial charge < -0.3 is 5.73 Å². The average molecular weight is 327 g/mol. The van der Waals surface area contributed by atoms with Crippen LogP contribution in [0, 0.1) is 5.92 Å². The van der Waals surface area contributed by atoms with Crippen LogP contribution in [0.25, 0.3) is 0 Å². The van der Waals surface area contributed by atoms with E-state index in [2.05, 4.69) is 17.1 Å². The molecular weight excluding hydrogens is 306 g/mol. The van der Waals surface area contributed by atoms with Gasteiger partial charge in [0.25, 0.3) is 10.2 Å². The Balaban J connectivity index is 1.84. The van der Waals surface area contributed by atoms with Crippen LogP contribution < -0.4 is 5.73 Å². The van der Waals surface area contributed by atoms with E-state index in [1.807, 2.05) is 0 Å². The molecule has 9 heteroatoms. The molecule has 1 atom stereocenters. The van der Waals surface area contributed by atoms with Gasteiger partial charge in [0, 0.05) is 18.7 Å². The van der Waals surface area contributed by atoms with Gasteiger partial charge in [-0.15, -0.1) is 0 Å². The van der Waals surface area contributed by atoms with Crippen molar-refractivity contribution in [1.29, 1.82) is 0 Å². The third-order valence-corrected chi connectivity index (χ3v) is 6.64. The van der Waals surface area contributed by atoms with Crippen LogP contribution in [0.1, 0.15) is 43.5 Å². The summed E-state index contributed by atoms with van der Waals surface area (Å²) < 4.78 is 28.4. The van der Waals surface area contributed by atoms with E-state index in [0.29, 0.717) is 30.3 Å². The maximum Gasteiger partial charge on any atom is 0.283 e. The second-order valence-electron chi connectivity index (χ2n) is 5.91. The minimum atomic E-state index is -3.71. The van der Waals surface area contributed by atoms with Crippen molar-refractivity contribution < 1.29 is 13.2 Å². The van der Waals surface area contributed by atoms with Crippen LogP contribution in [-0.4, -0.2) is 46.2 Å². The van der Waals surface area contributed by atoms with Crippen LogP contribution in [0.4, 0.5) is 0 Å². The maximum atomic E-state index is 12.9. The molecule has 0 spiro atoms. The van der Waals surface area contributed by atoms with Gasteiger partial charge in [-0.25, -0.2) is 0 Å². The summed E-state index contributed by atoms with van der Waals surface area (Å²) in [5.74, 6) is -0.0962. The zero-order valence-corrected chi connectivity index (χ0v) is 13.3. The molecular formula is C13H21N5O3S. The number of H-pyrrole nitrogens is 1. The smallest absolute Gasteiger partial charge is 0.283 e. The number of aromatic amines is 1. The van der Waals surface area contributed by atoms with Crippen molar-refractivity contribution in [2.75, 3.05) is 13.1 Å². The zero-order valence-electron chi connectivity index (χ0n) is 12.5. The summed E-state index contributed by atoms with van der Waals surface area (Å²) in [6.07, 6.45) is 4.26. The molecule has 0 aromatic carbocycles. The average Bonchev–Trinajstić information content (AvgIpc) is 3.07. The van der Waals surface area contributed by atoms with Crippen LogP contribution in [0.3, 0.4) is 0 Å². The number of hydrogen-bond acceptors (Lipinski definition) is 4. The van der Waals surface area contributed by atoms with Gasteiger partial charge >= 0.3 is 0 Å². The zero-order chi connectivity index (χ0) is 15.9. The standard InChI is InChI=1S/C13H21N5O3S/c1-2-9-3-5-17(6-4-9)22(20,21)18-8-11-10(7-15-16-11)12(18)13(14)19/h7,9,12H,2-6,8H2,1H3,(H2,14,19)(H,15,16). The molecule has 22 heavy (non-hydrogen) atoms. The van der Waals surface area contributed by atoms with Crippen molar-refractivity contribution in [2.24, 2.45) is 11.7 Å². The molecule has 1 saturated heterocycles. The van der Waals surface area contributed by atoms with Crippen LogP contribution in [0.5, 0.6) is 0 Å². The first-order chi connectivity index (χ1) is 10.4. The predicted molar refractivity (Wildman–Crippen MR) is 79.6 cm³/mol. The molecule has 1 fully saturated rings. The highest BCUT2D eigenvalue weighted by atomic mass is 32.2. The molecule has 3 heterocycles. The molecule has 3 N–H and O–H groups in total. The van der Waals surface area contributed by atoms with E-state index in [1.54, 1.807) is 0 Å². The van der Waals surface area contributed by atoms with Gasteiger partial charge in [-0.3, -0.25) is 9.89 Å². The number of amides is 1. The summed E-state index contributed by atoms with van der Waals surface area (Å²) in [7, 11) is -3.71. The Morgan fingerprint density at radius 3 is 2.73 bits per heavy atom. The van der Waals surface area contributed by atoms with E-state index in [4.69, 9.17) is 5.73 Å². The third kappa shape index (κ3) is 2.42. The van der Waals surface area contributed by atoms with Gasteiger partial charge in [0.15, 0.2) is 0 Å². The highest BCUT2D eigenvalue weighted by Gasteiger charge is 2.45. The lowest BCUT2D eigenvalue weighted by atomic mass is 9.96. The fraction of sp³-hybridized carbons (Fsp3) is 0.692. The first-order valence-corrected chi connectivity index (χ1v) is 8.93. The van der Waals surface area contributed by atoms with Crippen LogP contribution in [0.15, 0.2) is 6.20 Å². The van der Waals surface area contributed by atoms with Crippen molar-refractivity contribution in [3.05, 3.63) is 17.5 Å². The Bertz CT molecular complexity index is 663. The molecule has 0 saturated carbocycles. The lowest BCUT2D eigenvalue weighted by Gasteiger charge is -2.34. The quantitative estimate of drug-likeness (QED) is 0.817. The summed E-state index contributed by atoms with van der Waals surface area (Å²) in [4.78, 5) is 11.8. The fourth-order valence-corrected chi connectivity index (χ4v) is 5.04. The van der Waals surface area contributed by atoms with Gasteiger partial charge in [0.05, 0.1) is 18.4 Å². The highest BCUT2D eigenvalue weighted by Crippen LogP contribution is 2.36. The molecule has 8 nitrogen and oxygen atoms in total. The monoisotopic (exact) mass is 327 g/mol. The van der Waals surface area contributed by atoms with Gasteiger partial charge in [-0.05, 0) is 18.8 Å². The Morgan fingerprint density at radius 1 is 1.45 bits per heavy atom. The summed E-state index contributed by atoms with van der Waals surface area (Å²) in [5.41, 5.74) is 6.62. The molecule has 2 aliphatic rings. The number of piperidine rings is 1. The maximum absolute atomic E-state index is 12.9. The fourth-order valence-electron chi connectivity index (χ4n) is 3.29. The van der Waals surface area contributed by atoms with Gasteiger partial charge in [-0.1, -0.05) is 13.3 Å². The Labute approximate surface area is 129 Å². The molecule has 1 unspecified atom stereocenters. The molecule has 1 amide bonds.